The van der Waals surface area contributed by atoms with Gasteiger partial charge in [-0.25, -0.2) is 0 Å². The number of para-hydroxylation sites is 2. The minimum Gasteiger partial charge on any atom is -0.482 e. The lowest BCUT2D eigenvalue weighted by molar-refractivity contribution is -0.128. The highest BCUT2D eigenvalue weighted by Crippen LogP contribution is 2.35. The molecule has 1 fully saturated rings. The molecule has 2 atom stereocenters. The highest BCUT2D eigenvalue weighted by Gasteiger charge is 2.34. The summed E-state index contributed by atoms with van der Waals surface area (Å²) in [6.45, 7) is 2.45. The van der Waals surface area contributed by atoms with Crippen LogP contribution in [0.5, 0.6) is 11.5 Å². The number of fused-ring (bicyclic) bond motifs is 1. The topological polar surface area (TPSA) is 67.9 Å². The summed E-state index contributed by atoms with van der Waals surface area (Å²) < 4.78 is 11.6. The summed E-state index contributed by atoms with van der Waals surface area (Å²) in [6.07, 6.45) is 0.148. The van der Waals surface area contributed by atoms with Gasteiger partial charge in [0.25, 0.3) is 5.91 Å². The lowest BCUT2D eigenvalue weighted by Crippen LogP contribution is -2.46. The number of nitrogens with one attached hydrogen (secondary N) is 1. The Hall–Kier alpha value is -2.73. The second kappa shape index (κ2) is 7.12. The van der Waals surface area contributed by atoms with Gasteiger partial charge < -0.3 is 19.7 Å². The number of benzene rings is 2. The van der Waals surface area contributed by atoms with Crippen LogP contribution in [0.3, 0.4) is 0 Å². The van der Waals surface area contributed by atoms with E-state index in [1.54, 1.807) is 42.2 Å². The Bertz CT molecular complexity index is 901. The zero-order valence-electron chi connectivity index (χ0n) is 14.8. The SMILES string of the molecule is C[C@H]1Oc2ccccc2O[C@@H]1C(=O)Nc1ccc(N2CCCC2=O)c(Cl)c1. The molecule has 0 unspecified atom stereocenters. The molecule has 2 amide bonds. The normalized spacial score (nSPS) is 21.3. The molecule has 0 spiro atoms. The molecular weight excluding hydrogens is 368 g/mol. The number of carbonyl (C=O) groups is 2. The van der Waals surface area contributed by atoms with Gasteiger partial charge in [0.1, 0.15) is 6.10 Å². The molecule has 4 rings (SSSR count). The van der Waals surface area contributed by atoms with Crippen molar-refractivity contribution in [3.05, 3.63) is 47.5 Å². The summed E-state index contributed by atoms with van der Waals surface area (Å²) in [5.41, 5.74) is 1.20. The highest BCUT2D eigenvalue weighted by atomic mass is 35.5. The minimum atomic E-state index is -0.779. The smallest absolute Gasteiger partial charge is 0.269 e. The maximum atomic E-state index is 12.7. The van der Waals surface area contributed by atoms with Gasteiger partial charge >= 0.3 is 0 Å². The summed E-state index contributed by atoms with van der Waals surface area (Å²) in [7, 11) is 0. The van der Waals surface area contributed by atoms with E-state index in [-0.39, 0.29) is 11.8 Å². The number of hydrogen-bond donors (Lipinski definition) is 1. The van der Waals surface area contributed by atoms with E-state index >= 15 is 0 Å². The first-order valence-corrected chi connectivity index (χ1v) is 9.24. The van der Waals surface area contributed by atoms with Crippen LogP contribution in [-0.2, 0) is 9.59 Å². The van der Waals surface area contributed by atoms with Crippen molar-refractivity contribution in [2.24, 2.45) is 0 Å². The zero-order valence-corrected chi connectivity index (χ0v) is 15.5. The first-order chi connectivity index (χ1) is 13.0. The van der Waals surface area contributed by atoms with Crippen molar-refractivity contribution < 1.29 is 19.1 Å². The van der Waals surface area contributed by atoms with Crippen molar-refractivity contribution in [3.8, 4) is 11.5 Å². The van der Waals surface area contributed by atoms with Crippen molar-refractivity contribution >= 4 is 34.8 Å². The third-order valence-corrected chi connectivity index (χ3v) is 4.98. The van der Waals surface area contributed by atoms with Crippen LogP contribution in [0.4, 0.5) is 11.4 Å². The van der Waals surface area contributed by atoms with Crippen LogP contribution >= 0.6 is 11.6 Å². The lowest BCUT2D eigenvalue weighted by Gasteiger charge is -2.31. The highest BCUT2D eigenvalue weighted by molar-refractivity contribution is 6.34. The lowest BCUT2D eigenvalue weighted by atomic mass is 10.1. The van der Waals surface area contributed by atoms with Crippen LogP contribution in [0.25, 0.3) is 0 Å². The van der Waals surface area contributed by atoms with Crippen LogP contribution in [-0.4, -0.2) is 30.6 Å². The number of carbonyl (C=O) groups excluding carboxylic acids is 2. The number of amides is 2. The quantitative estimate of drug-likeness (QED) is 0.874. The number of ether oxygens (including phenoxy) is 2. The Balaban J connectivity index is 1.48. The first kappa shape index (κ1) is 17.7. The average molecular weight is 387 g/mol. The number of anilines is 2. The molecule has 0 radical (unpaired) electrons. The maximum absolute atomic E-state index is 12.7. The van der Waals surface area contributed by atoms with Crippen LogP contribution in [0.1, 0.15) is 19.8 Å². The molecule has 0 aliphatic carbocycles. The fraction of sp³-hybridized carbons (Fsp3) is 0.300. The molecular formula is C20H19ClN2O4. The third kappa shape index (κ3) is 3.45. The largest absolute Gasteiger partial charge is 0.482 e. The third-order valence-electron chi connectivity index (χ3n) is 4.68. The van der Waals surface area contributed by atoms with Gasteiger partial charge in [-0.2, -0.15) is 0 Å². The van der Waals surface area contributed by atoms with E-state index < -0.39 is 12.2 Å². The first-order valence-electron chi connectivity index (χ1n) is 8.86. The minimum absolute atomic E-state index is 0.0638. The van der Waals surface area contributed by atoms with E-state index in [0.717, 1.165) is 6.42 Å². The van der Waals surface area contributed by atoms with Crippen LogP contribution < -0.4 is 19.7 Å². The summed E-state index contributed by atoms with van der Waals surface area (Å²) >= 11 is 6.34. The molecule has 6 nitrogen and oxygen atoms in total. The second-order valence-corrected chi connectivity index (χ2v) is 7.02. The van der Waals surface area contributed by atoms with Crippen LogP contribution in [0, 0.1) is 0 Å². The number of rotatable bonds is 3. The molecule has 2 heterocycles. The van der Waals surface area contributed by atoms with Crippen molar-refractivity contribution in [2.75, 3.05) is 16.8 Å². The van der Waals surface area contributed by atoms with E-state index in [1.165, 1.54) is 0 Å². The van der Waals surface area contributed by atoms with E-state index in [9.17, 15) is 9.59 Å². The molecule has 1 saturated heterocycles. The van der Waals surface area contributed by atoms with Crippen molar-refractivity contribution in [3.63, 3.8) is 0 Å². The van der Waals surface area contributed by atoms with Crippen molar-refractivity contribution in [1.82, 2.24) is 0 Å². The van der Waals surface area contributed by atoms with E-state index in [4.69, 9.17) is 21.1 Å². The summed E-state index contributed by atoms with van der Waals surface area (Å²) in [5.74, 6) is 0.903. The van der Waals surface area contributed by atoms with Crippen molar-refractivity contribution in [2.45, 2.75) is 32.0 Å². The monoisotopic (exact) mass is 386 g/mol. The summed E-state index contributed by atoms with van der Waals surface area (Å²) in [6, 6.07) is 12.4. The standard InChI is InChI=1S/C20H19ClN2O4/c1-12-19(27-17-6-3-2-5-16(17)26-12)20(25)22-13-8-9-15(14(21)11-13)23-10-4-7-18(23)24/h2-3,5-6,8-9,11-12,19H,4,7,10H2,1H3,(H,22,25)/t12-,19+/m1/s1. The molecule has 2 aliphatic rings. The summed E-state index contributed by atoms with van der Waals surface area (Å²) in [4.78, 5) is 26.2. The Morgan fingerprint density at radius 1 is 1.19 bits per heavy atom. The molecule has 140 valence electrons. The number of nitrogens with zero attached hydrogens (tertiary/aromatic N) is 1. The number of halogens is 1. The Labute approximate surface area is 162 Å². The van der Waals surface area contributed by atoms with Crippen LogP contribution in [0.2, 0.25) is 5.02 Å². The Morgan fingerprint density at radius 3 is 2.59 bits per heavy atom. The molecule has 0 saturated carbocycles. The number of hydrogen-bond acceptors (Lipinski definition) is 4. The van der Waals surface area contributed by atoms with Gasteiger partial charge in [0.05, 0.1) is 10.7 Å². The molecule has 7 heteroatoms. The van der Waals surface area contributed by atoms with Gasteiger partial charge in [-0.15, -0.1) is 0 Å². The molecule has 0 bridgehead atoms. The van der Waals surface area contributed by atoms with Crippen LogP contribution in [0.15, 0.2) is 42.5 Å². The molecule has 2 aliphatic heterocycles. The second-order valence-electron chi connectivity index (χ2n) is 6.61. The molecule has 1 N–H and O–H groups in total. The molecule has 0 aromatic heterocycles. The molecule has 2 aromatic carbocycles. The van der Waals surface area contributed by atoms with Gasteiger partial charge in [0.2, 0.25) is 12.0 Å². The Morgan fingerprint density at radius 2 is 1.93 bits per heavy atom. The predicted molar refractivity (Wildman–Crippen MR) is 103 cm³/mol. The van der Waals surface area contributed by atoms with E-state index in [1.807, 2.05) is 12.1 Å². The average Bonchev–Trinajstić information content (AvgIpc) is 3.07. The zero-order chi connectivity index (χ0) is 19.0. The van der Waals surface area contributed by atoms with Gasteiger partial charge in [-0.05, 0) is 43.7 Å². The van der Waals surface area contributed by atoms with E-state index in [2.05, 4.69) is 5.32 Å². The van der Waals surface area contributed by atoms with Gasteiger partial charge in [-0.3, -0.25) is 9.59 Å². The van der Waals surface area contributed by atoms with Gasteiger partial charge in [0, 0.05) is 18.7 Å². The van der Waals surface area contributed by atoms with Gasteiger partial charge in [0.15, 0.2) is 11.5 Å². The molecule has 2 aromatic rings. The summed E-state index contributed by atoms with van der Waals surface area (Å²) in [5, 5.41) is 3.23. The van der Waals surface area contributed by atoms with Gasteiger partial charge in [-0.1, -0.05) is 23.7 Å². The molecule has 27 heavy (non-hydrogen) atoms. The maximum Gasteiger partial charge on any atom is 0.269 e. The van der Waals surface area contributed by atoms with E-state index in [0.29, 0.717) is 40.9 Å². The predicted octanol–water partition coefficient (Wildman–Crippen LogP) is 3.63. The fourth-order valence-corrected chi connectivity index (χ4v) is 3.61. The Kier molecular flexibility index (Phi) is 4.66. The van der Waals surface area contributed by atoms with Crippen molar-refractivity contribution in [1.29, 1.82) is 0 Å². The fourth-order valence-electron chi connectivity index (χ4n) is 3.33.